The highest BCUT2D eigenvalue weighted by atomic mass is 19.4. The monoisotopic (exact) mass is 506 g/mol. The van der Waals surface area contributed by atoms with Crippen molar-refractivity contribution < 1.29 is 32.7 Å². The Kier molecular flexibility index (Phi) is 8.74. The van der Waals surface area contributed by atoms with E-state index in [-0.39, 0.29) is 11.3 Å². The average Bonchev–Trinajstić information content (AvgIpc) is 3.05. The third kappa shape index (κ3) is 6.23. The molecular weight excluding hydrogens is 477 g/mol. The summed E-state index contributed by atoms with van der Waals surface area (Å²) < 4.78 is 40.0. The number of anilines is 1. The lowest BCUT2D eigenvalue weighted by Crippen LogP contribution is -2.48. The van der Waals surface area contributed by atoms with Crippen molar-refractivity contribution in [2.24, 2.45) is 0 Å². The van der Waals surface area contributed by atoms with E-state index in [0.29, 0.717) is 37.6 Å². The summed E-state index contributed by atoms with van der Waals surface area (Å²) in [5.41, 5.74) is -1.40. The molecule has 1 aromatic carbocycles. The molecule has 1 N–H and O–H groups in total. The number of benzene rings is 1. The summed E-state index contributed by atoms with van der Waals surface area (Å²) in [5.74, 6) is -1.26. The third-order valence-corrected chi connectivity index (χ3v) is 6.67. The van der Waals surface area contributed by atoms with Crippen molar-refractivity contribution in [3.63, 3.8) is 0 Å². The highest BCUT2D eigenvalue weighted by molar-refractivity contribution is 6.32. The van der Waals surface area contributed by atoms with Gasteiger partial charge in [-0.3, -0.25) is 14.5 Å². The Labute approximate surface area is 207 Å². The van der Waals surface area contributed by atoms with E-state index in [4.69, 9.17) is 10.4 Å². The predicted octanol–water partition coefficient (Wildman–Crippen LogP) is 4.40. The number of amides is 3. The van der Waals surface area contributed by atoms with Gasteiger partial charge in [0.15, 0.2) is 0 Å². The summed E-state index contributed by atoms with van der Waals surface area (Å²) >= 11 is 0. The van der Waals surface area contributed by atoms with Crippen LogP contribution in [0.3, 0.4) is 0 Å². The first kappa shape index (κ1) is 27.2. The van der Waals surface area contributed by atoms with Gasteiger partial charge in [0.1, 0.15) is 0 Å². The predicted molar refractivity (Wildman–Crippen MR) is 125 cm³/mol. The molecule has 0 atom stereocenters. The SMILES string of the molecule is CC1=C(CCCCCCCN2CCN(C(=O)O)CC2)C(=O)N(c2ccc(C#N)c(C(F)(F)F)c2)C1=O. The minimum atomic E-state index is -4.79. The van der Waals surface area contributed by atoms with Crippen LogP contribution < -0.4 is 4.90 Å². The number of hydrogen-bond donors (Lipinski definition) is 1. The molecule has 0 spiro atoms. The maximum absolute atomic E-state index is 13.3. The van der Waals surface area contributed by atoms with Crippen molar-refractivity contribution in [3.8, 4) is 6.07 Å². The highest BCUT2D eigenvalue weighted by Gasteiger charge is 2.39. The van der Waals surface area contributed by atoms with Gasteiger partial charge < -0.3 is 10.0 Å². The maximum atomic E-state index is 13.3. The summed E-state index contributed by atoms with van der Waals surface area (Å²) in [4.78, 5) is 41.0. The lowest BCUT2D eigenvalue weighted by molar-refractivity contribution is -0.138. The summed E-state index contributed by atoms with van der Waals surface area (Å²) in [6, 6.07) is 4.31. The van der Waals surface area contributed by atoms with E-state index in [9.17, 15) is 27.6 Å². The van der Waals surface area contributed by atoms with E-state index in [2.05, 4.69) is 4.90 Å². The second-order valence-corrected chi connectivity index (χ2v) is 9.02. The molecule has 0 radical (unpaired) electrons. The smallest absolute Gasteiger partial charge is 0.417 e. The summed E-state index contributed by atoms with van der Waals surface area (Å²) in [6.07, 6.45) is -0.858. The van der Waals surface area contributed by atoms with Gasteiger partial charge in [-0.15, -0.1) is 0 Å². The highest BCUT2D eigenvalue weighted by Crippen LogP contribution is 2.37. The standard InChI is InChI=1S/C25H29F3N4O4/c1-17-20(7-5-3-2-4-6-10-30-11-13-31(14-12-30)24(35)36)23(34)32(22(17)33)19-9-8-18(16-29)21(15-19)25(26,27)28/h8-9,15H,2-7,10-14H2,1H3,(H,35,36). The lowest BCUT2D eigenvalue weighted by atomic mass is 10.0. The van der Waals surface area contributed by atoms with Crippen LogP contribution in [0.15, 0.2) is 29.3 Å². The quantitative estimate of drug-likeness (QED) is 0.393. The normalized spacial score (nSPS) is 17.2. The molecule has 2 heterocycles. The Morgan fingerprint density at radius 1 is 1.03 bits per heavy atom. The molecule has 11 heteroatoms. The van der Waals surface area contributed by atoms with Crippen LogP contribution in [0.2, 0.25) is 0 Å². The largest absolute Gasteiger partial charge is 0.465 e. The minimum absolute atomic E-state index is 0.199. The fourth-order valence-corrected chi connectivity index (χ4v) is 4.55. The molecule has 0 aromatic heterocycles. The first-order valence-corrected chi connectivity index (χ1v) is 11.9. The number of alkyl halides is 3. The minimum Gasteiger partial charge on any atom is -0.465 e. The number of piperazine rings is 1. The average molecular weight is 507 g/mol. The molecule has 1 fully saturated rings. The number of carbonyl (C=O) groups excluding carboxylic acids is 2. The van der Waals surface area contributed by atoms with Crippen molar-refractivity contribution in [2.45, 2.75) is 51.6 Å². The van der Waals surface area contributed by atoms with Gasteiger partial charge in [0.2, 0.25) is 0 Å². The molecule has 0 aliphatic carbocycles. The Hall–Kier alpha value is -3.39. The number of rotatable bonds is 9. The first-order chi connectivity index (χ1) is 17.0. The Morgan fingerprint density at radius 3 is 2.28 bits per heavy atom. The number of carbonyl (C=O) groups is 3. The molecule has 194 valence electrons. The molecule has 1 saturated heterocycles. The van der Waals surface area contributed by atoms with Gasteiger partial charge >= 0.3 is 12.3 Å². The van der Waals surface area contributed by atoms with E-state index in [1.165, 1.54) is 24.0 Å². The van der Waals surface area contributed by atoms with E-state index in [1.54, 1.807) is 0 Å². The zero-order chi connectivity index (χ0) is 26.5. The van der Waals surface area contributed by atoms with Crippen molar-refractivity contribution in [1.82, 2.24) is 9.80 Å². The number of halogens is 3. The van der Waals surface area contributed by atoms with Gasteiger partial charge in [-0.05, 0) is 50.9 Å². The molecule has 0 unspecified atom stereocenters. The molecule has 0 saturated carbocycles. The zero-order valence-electron chi connectivity index (χ0n) is 20.1. The second kappa shape index (κ2) is 11.6. The zero-order valence-corrected chi connectivity index (χ0v) is 20.1. The molecule has 3 rings (SSSR count). The number of nitriles is 1. The maximum Gasteiger partial charge on any atom is 0.417 e. The summed E-state index contributed by atoms with van der Waals surface area (Å²) in [5, 5.41) is 18.0. The fourth-order valence-electron chi connectivity index (χ4n) is 4.55. The van der Waals surface area contributed by atoms with Crippen molar-refractivity contribution in [3.05, 3.63) is 40.5 Å². The molecule has 3 amide bonds. The number of hydrogen-bond acceptors (Lipinski definition) is 5. The van der Waals surface area contributed by atoms with Gasteiger partial charge in [-0.2, -0.15) is 18.4 Å². The van der Waals surface area contributed by atoms with Crippen LogP contribution in [0.1, 0.15) is 56.6 Å². The molecule has 0 bridgehead atoms. The van der Waals surface area contributed by atoms with E-state index >= 15 is 0 Å². The van der Waals surface area contributed by atoms with Gasteiger partial charge in [-0.1, -0.05) is 19.3 Å². The molecule has 36 heavy (non-hydrogen) atoms. The van der Waals surface area contributed by atoms with Crippen molar-refractivity contribution in [2.75, 3.05) is 37.6 Å². The number of carboxylic acid groups (broad SMARTS) is 1. The molecular formula is C25H29F3N4O4. The van der Waals surface area contributed by atoms with Gasteiger partial charge in [0, 0.05) is 37.3 Å². The lowest BCUT2D eigenvalue weighted by Gasteiger charge is -2.33. The van der Waals surface area contributed by atoms with Gasteiger partial charge in [0.25, 0.3) is 11.8 Å². The first-order valence-electron chi connectivity index (χ1n) is 11.9. The van der Waals surface area contributed by atoms with Crippen LogP contribution in [0.25, 0.3) is 0 Å². The summed E-state index contributed by atoms with van der Waals surface area (Å²) in [6.45, 7) is 4.92. The van der Waals surface area contributed by atoms with Crippen LogP contribution in [0.5, 0.6) is 0 Å². The van der Waals surface area contributed by atoms with E-state index < -0.39 is 35.2 Å². The van der Waals surface area contributed by atoms with E-state index in [0.717, 1.165) is 56.3 Å². The van der Waals surface area contributed by atoms with Crippen LogP contribution in [0, 0.1) is 11.3 Å². The number of imide groups is 1. The van der Waals surface area contributed by atoms with Crippen LogP contribution >= 0.6 is 0 Å². The topological polar surface area (TPSA) is 105 Å². The Bertz CT molecular complexity index is 1090. The third-order valence-electron chi connectivity index (χ3n) is 6.67. The summed E-state index contributed by atoms with van der Waals surface area (Å²) in [7, 11) is 0. The van der Waals surface area contributed by atoms with Gasteiger partial charge in [-0.25, -0.2) is 9.69 Å². The molecule has 2 aliphatic heterocycles. The van der Waals surface area contributed by atoms with Gasteiger partial charge in [0.05, 0.1) is 22.9 Å². The molecule has 2 aliphatic rings. The molecule has 8 nitrogen and oxygen atoms in total. The van der Waals surface area contributed by atoms with Crippen LogP contribution in [-0.2, 0) is 15.8 Å². The van der Waals surface area contributed by atoms with Crippen LogP contribution in [-0.4, -0.2) is 65.5 Å². The van der Waals surface area contributed by atoms with Crippen molar-refractivity contribution in [1.29, 1.82) is 5.26 Å². The number of unbranched alkanes of at least 4 members (excludes halogenated alkanes) is 4. The van der Waals surface area contributed by atoms with Crippen LogP contribution in [0.4, 0.5) is 23.7 Å². The van der Waals surface area contributed by atoms with E-state index in [1.807, 2.05) is 0 Å². The molecule has 1 aromatic rings. The Balaban J connectivity index is 1.46. The van der Waals surface area contributed by atoms with Crippen molar-refractivity contribution >= 4 is 23.6 Å². The fraction of sp³-hybridized carbons (Fsp3) is 0.520. The second-order valence-electron chi connectivity index (χ2n) is 9.02. The number of nitrogens with zero attached hydrogens (tertiary/aromatic N) is 4. The Morgan fingerprint density at radius 2 is 1.67 bits per heavy atom.